The molecule has 0 aliphatic rings. The number of aromatic nitrogens is 6. The summed E-state index contributed by atoms with van der Waals surface area (Å²) < 4.78 is 15.0. The third-order valence-corrected chi connectivity index (χ3v) is 2.80. The number of nitrogens with zero attached hydrogens (tertiary/aromatic N) is 6. The zero-order valence-electron chi connectivity index (χ0n) is 10.2. The monoisotopic (exact) mass is 325 g/mol. The van der Waals surface area contributed by atoms with E-state index in [1.807, 2.05) is 0 Å². The molecule has 10 heteroatoms. The van der Waals surface area contributed by atoms with Gasteiger partial charge in [-0.2, -0.15) is 24.7 Å². The van der Waals surface area contributed by atoms with Gasteiger partial charge in [0.05, 0.1) is 5.69 Å². The van der Waals surface area contributed by atoms with Gasteiger partial charge in [-0.25, -0.2) is 9.37 Å². The van der Waals surface area contributed by atoms with Gasteiger partial charge in [0.25, 0.3) is 5.95 Å². The molecule has 21 heavy (non-hydrogen) atoms. The standard InChI is InChI=1S/C11H6Cl2FN7/c12-6-1-2-7(14)8(3-6)17-10-18-9(13)19-11(20-10)21-5-15-4-16-21/h1-5H,(H,17,18,19,20). The quantitative estimate of drug-likeness (QED) is 0.797. The molecular weight excluding hydrogens is 320 g/mol. The van der Waals surface area contributed by atoms with Gasteiger partial charge in [0.2, 0.25) is 11.2 Å². The third kappa shape index (κ3) is 3.06. The van der Waals surface area contributed by atoms with Crippen LogP contribution in [-0.4, -0.2) is 29.7 Å². The number of hydrogen-bond acceptors (Lipinski definition) is 6. The molecule has 2 heterocycles. The molecule has 0 amide bonds. The van der Waals surface area contributed by atoms with Crippen LogP contribution in [0.5, 0.6) is 0 Å². The van der Waals surface area contributed by atoms with Crippen molar-refractivity contribution in [3.63, 3.8) is 0 Å². The summed E-state index contributed by atoms with van der Waals surface area (Å²) in [6, 6.07) is 4.07. The molecule has 0 unspecified atom stereocenters. The molecule has 1 aromatic carbocycles. The van der Waals surface area contributed by atoms with Crippen molar-refractivity contribution in [2.75, 3.05) is 5.32 Å². The summed E-state index contributed by atoms with van der Waals surface area (Å²) in [6.45, 7) is 0. The van der Waals surface area contributed by atoms with Crippen molar-refractivity contribution in [3.05, 3.63) is 47.0 Å². The van der Waals surface area contributed by atoms with Crippen molar-refractivity contribution < 1.29 is 4.39 Å². The summed E-state index contributed by atoms with van der Waals surface area (Å²) in [7, 11) is 0. The lowest BCUT2D eigenvalue weighted by Crippen LogP contribution is -2.07. The normalized spacial score (nSPS) is 10.6. The van der Waals surface area contributed by atoms with Crippen LogP contribution in [0.1, 0.15) is 0 Å². The van der Waals surface area contributed by atoms with E-state index in [0.717, 1.165) is 0 Å². The number of benzene rings is 1. The minimum atomic E-state index is -0.502. The Morgan fingerprint density at radius 1 is 1.14 bits per heavy atom. The van der Waals surface area contributed by atoms with E-state index in [4.69, 9.17) is 23.2 Å². The number of halogens is 3. The Hall–Kier alpha value is -2.32. The minimum Gasteiger partial charge on any atom is -0.321 e. The Bertz CT molecular complexity index is 778. The first-order chi connectivity index (χ1) is 10.1. The van der Waals surface area contributed by atoms with Gasteiger partial charge in [-0.05, 0) is 29.8 Å². The largest absolute Gasteiger partial charge is 0.321 e. The molecule has 0 radical (unpaired) electrons. The molecule has 7 nitrogen and oxygen atoms in total. The molecule has 0 bridgehead atoms. The first-order valence-electron chi connectivity index (χ1n) is 5.60. The topological polar surface area (TPSA) is 81.4 Å². The van der Waals surface area contributed by atoms with Crippen molar-refractivity contribution in [2.24, 2.45) is 0 Å². The predicted molar refractivity (Wildman–Crippen MR) is 74.4 cm³/mol. The second kappa shape index (κ2) is 5.58. The van der Waals surface area contributed by atoms with Crippen LogP contribution in [-0.2, 0) is 0 Å². The highest BCUT2D eigenvalue weighted by Crippen LogP contribution is 2.22. The molecule has 3 aromatic rings. The van der Waals surface area contributed by atoms with E-state index in [2.05, 4.69) is 30.4 Å². The van der Waals surface area contributed by atoms with Crippen molar-refractivity contribution in [1.82, 2.24) is 29.7 Å². The second-order valence-electron chi connectivity index (χ2n) is 3.82. The summed E-state index contributed by atoms with van der Waals surface area (Å²) >= 11 is 11.6. The van der Waals surface area contributed by atoms with Crippen molar-refractivity contribution in [1.29, 1.82) is 0 Å². The molecule has 0 aliphatic heterocycles. The summed E-state index contributed by atoms with van der Waals surface area (Å²) in [4.78, 5) is 15.6. The second-order valence-corrected chi connectivity index (χ2v) is 4.59. The van der Waals surface area contributed by atoms with Gasteiger partial charge in [0.1, 0.15) is 18.5 Å². The van der Waals surface area contributed by atoms with Crippen LogP contribution in [0.3, 0.4) is 0 Å². The van der Waals surface area contributed by atoms with Crippen molar-refractivity contribution in [3.8, 4) is 5.95 Å². The van der Waals surface area contributed by atoms with E-state index in [0.29, 0.717) is 5.02 Å². The summed E-state index contributed by atoms with van der Waals surface area (Å²) in [6.07, 6.45) is 2.72. The van der Waals surface area contributed by atoms with Crippen LogP contribution in [0.15, 0.2) is 30.9 Å². The molecule has 1 N–H and O–H groups in total. The van der Waals surface area contributed by atoms with E-state index < -0.39 is 5.82 Å². The highest BCUT2D eigenvalue weighted by molar-refractivity contribution is 6.30. The van der Waals surface area contributed by atoms with Crippen LogP contribution < -0.4 is 5.32 Å². The van der Waals surface area contributed by atoms with Gasteiger partial charge in [-0.3, -0.25) is 0 Å². The lowest BCUT2D eigenvalue weighted by Gasteiger charge is -2.07. The summed E-state index contributed by atoms with van der Waals surface area (Å²) in [5.41, 5.74) is 0.120. The number of hydrogen-bond donors (Lipinski definition) is 1. The van der Waals surface area contributed by atoms with E-state index in [1.54, 1.807) is 0 Å². The maximum Gasteiger partial charge on any atom is 0.258 e. The van der Waals surface area contributed by atoms with Gasteiger partial charge in [0, 0.05) is 5.02 Å². The average Bonchev–Trinajstić information content (AvgIpc) is 2.96. The lowest BCUT2D eigenvalue weighted by molar-refractivity contribution is 0.631. The first-order valence-corrected chi connectivity index (χ1v) is 6.36. The molecule has 0 fully saturated rings. The fourth-order valence-corrected chi connectivity index (χ4v) is 1.85. The molecular formula is C11H6Cl2FN7. The Morgan fingerprint density at radius 3 is 2.76 bits per heavy atom. The zero-order chi connectivity index (χ0) is 14.8. The zero-order valence-corrected chi connectivity index (χ0v) is 11.7. The van der Waals surface area contributed by atoms with Gasteiger partial charge >= 0.3 is 0 Å². The highest BCUT2D eigenvalue weighted by Gasteiger charge is 2.10. The van der Waals surface area contributed by atoms with E-state index in [-0.39, 0.29) is 22.9 Å². The summed E-state index contributed by atoms with van der Waals surface area (Å²) in [5.74, 6) is -0.294. The van der Waals surface area contributed by atoms with Crippen molar-refractivity contribution in [2.45, 2.75) is 0 Å². The van der Waals surface area contributed by atoms with Crippen molar-refractivity contribution >= 4 is 34.8 Å². The molecule has 0 saturated heterocycles. The molecule has 2 aromatic heterocycles. The molecule has 3 rings (SSSR count). The highest BCUT2D eigenvalue weighted by atomic mass is 35.5. The van der Waals surface area contributed by atoms with Crippen LogP contribution in [0.4, 0.5) is 16.0 Å². The van der Waals surface area contributed by atoms with Gasteiger partial charge in [-0.1, -0.05) is 11.6 Å². The maximum atomic E-state index is 13.7. The van der Waals surface area contributed by atoms with Crippen LogP contribution in [0, 0.1) is 5.82 Å². The fraction of sp³-hybridized carbons (Fsp3) is 0. The Balaban J connectivity index is 1.97. The fourth-order valence-electron chi connectivity index (χ4n) is 1.52. The van der Waals surface area contributed by atoms with Crippen LogP contribution in [0.25, 0.3) is 5.95 Å². The minimum absolute atomic E-state index is 0.0571. The van der Waals surface area contributed by atoms with E-state index in [1.165, 1.54) is 35.5 Å². The third-order valence-electron chi connectivity index (χ3n) is 2.39. The number of anilines is 2. The molecule has 0 atom stereocenters. The maximum absolute atomic E-state index is 13.7. The van der Waals surface area contributed by atoms with Gasteiger partial charge in [0.15, 0.2) is 0 Å². The smallest absolute Gasteiger partial charge is 0.258 e. The molecule has 0 aliphatic carbocycles. The van der Waals surface area contributed by atoms with E-state index >= 15 is 0 Å². The number of nitrogens with one attached hydrogen (secondary N) is 1. The van der Waals surface area contributed by atoms with Gasteiger partial charge in [-0.15, -0.1) is 0 Å². The van der Waals surface area contributed by atoms with Crippen LogP contribution in [0.2, 0.25) is 10.3 Å². The number of rotatable bonds is 3. The Labute approximate surface area is 127 Å². The molecule has 106 valence electrons. The first kappa shape index (κ1) is 13.7. The van der Waals surface area contributed by atoms with E-state index in [9.17, 15) is 4.39 Å². The molecule has 0 saturated carbocycles. The Kier molecular flexibility index (Phi) is 3.63. The predicted octanol–water partition coefficient (Wildman–Crippen LogP) is 2.64. The SMILES string of the molecule is Fc1ccc(Cl)cc1Nc1nc(Cl)nc(-n2cncn2)n1. The van der Waals surface area contributed by atoms with Crippen LogP contribution >= 0.6 is 23.2 Å². The lowest BCUT2D eigenvalue weighted by atomic mass is 10.3. The summed E-state index contributed by atoms with van der Waals surface area (Å²) in [5, 5.41) is 6.87. The average molecular weight is 326 g/mol. The molecule has 0 spiro atoms. The Morgan fingerprint density at radius 2 is 2.00 bits per heavy atom. The van der Waals surface area contributed by atoms with Gasteiger partial charge < -0.3 is 5.32 Å².